The van der Waals surface area contributed by atoms with Crippen LogP contribution < -0.4 is 5.32 Å². The molecule has 1 N–H and O–H groups in total. The number of piperazine rings is 1. The highest BCUT2D eigenvalue weighted by atomic mass is 15.3. The minimum absolute atomic E-state index is 0.427. The lowest BCUT2D eigenvalue weighted by molar-refractivity contribution is 0.0818. The molecule has 0 spiro atoms. The molecular formula is C18H31N3. The van der Waals surface area contributed by atoms with E-state index in [4.69, 9.17) is 0 Å². The van der Waals surface area contributed by atoms with Gasteiger partial charge >= 0.3 is 0 Å². The first-order valence-corrected chi connectivity index (χ1v) is 8.40. The summed E-state index contributed by atoms with van der Waals surface area (Å²) in [4.78, 5) is 5.17. The number of nitrogens with one attached hydrogen (secondary N) is 1. The van der Waals surface area contributed by atoms with Crippen molar-refractivity contribution in [2.45, 2.75) is 39.3 Å². The Labute approximate surface area is 130 Å². The van der Waals surface area contributed by atoms with Crippen molar-refractivity contribution in [1.82, 2.24) is 15.1 Å². The van der Waals surface area contributed by atoms with Crippen LogP contribution in [0.5, 0.6) is 0 Å². The Morgan fingerprint density at radius 3 is 2.43 bits per heavy atom. The van der Waals surface area contributed by atoms with Gasteiger partial charge in [0.2, 0.25) is 0 Å². The van der Waals surface area contributed by atoms with Gasteiger partial charge in [0, 0.05) is 38.3 Å². The Balaban J connectivity index is 1.95. The second-order valence-electron chi connectivity index (χ2n) is 6.17. The highest BCUT2D eigenvalue weighted by molar-refractivity contribution is 5.25. The normalized spacial score (nSPS) is 22.4. The molecule has 2 atom stereocenters. The van der Waals surface area contributed by atoms with Crippen molar-refractivity contribution >= 4 is 0 Å². The molecule has 0 bridgehead atoms. The van der Waals surface area contributed by atoms with Gasteiger partial charge in [0.1, 0.15) is 0 Å². The molecule has 0 aliphatic carbocycles. The highest BCUT2D eigenvalue weighted by Gasteiger charge is 2.24. The molecule has 1 aromatic rings. The van der Waals surface area contributed by atoms with E-state index < -0.39 is 0 Å². The van der Waals surface area contributed by atoms with Crippen LogP contribution in [0.2, 0.25) is 0 Å². The second-order valence-corrected chi connectivity index (χ2v) is 6.17. The smallest absolute Gasteiger partial charge is 0.0446 e. The first kappa shape index (κ1) is 16.5. The number of rotatable bonds is 6. The van der Waals surface area contributed by atoms with Crippen molar-refractivity contribution < 1.29 is 0 Å². The van der Waals surface area contributed by atoms with Gasteiger partial charge < -0.3 is 5.32 Å². The zero-order chi connectivity index (χ0) is 15.2. The first-order chi connectivity index (χ1) is 10.2. The molecule has 1 heterocycles. The fourth-order valence-electron chi connectivity index (χ4n) is 3.31. The van der Waals surface area contributed by atoms with Crippen LogP contribution in [0.15, 0.2) is 24.3 Å². The summed E-state index contributed by atoms with van der Waals surface area (Å²) in [5, 5.41) is 3.49. The Kier molecular flexibility index (Phi) is 6.22. The molecule has 1 fully saturated rings. The molecule has 1 aliphatic heterocycles. The van der Waals surface area contributed by atoms with Gasteiger partial charge in [-0.3, -0.25) is 9.80 Å². The fraction of sp³-hybridized carbons (Fsp3) is 0.667. The van der Waals surface area contributed by atoms with Gasteiger partial charge in [-0.05, 0) is 38.1 Å². The fourth-order valence-corrected chi connectivity index (χ4v) is 3.31. The van der Waals surface area contributed by atoms with Crippen molar-refractivity contribution in [1.29, 1.82) is 0 Å². The predicted octanol–water partition coefficient (Wildman–Crippen LogP) is 2.54. The van der Waals surface area contributed by atoms with Crippen molar-refractivity contribution in [2.24, 2.45) is 0 Å². The molecule has 3 heteroatoms. The molecule has 0 aromatic heterocycles. The number of likely N-dealkylation sites (N-methyl/N-ethyl adjacent to an activating group) is 2. The first-order valence-electron chi connectivity index (χ1n) is 8.40. The Morgan fingerprint density at radius 1 is 1.19 bits per heavy atom. The molecule has 3 nitrogen and oxygen atoms in total. The summed E-state index contributed by atoms with van der Waals surface area (Å²) in [7, 11) is 2.07. The Hall–Kier alpha value is -0.900. The van der Waals surface area contributed by atoms with Gasteiger partial charge in [-0.1, -0.05) is 38.1 Å². The van der Waals surface area contributed by atoms with Gasteiger partial charge in [-0.15, -0.1) is 0 Å². The summed E-state index contributed by atoms with van der Waals surface area (Å²) in [6.07, 6.45) is 1.11. The summed E-state index contributed by atoms with van der Waals surface area (Å²) in [6.45, 7) is 12.6. The molecule has 2 rings (SSSR count). The lowest BCUT2D eigenvalue weighted by Crippen LogP contribution is -2.53. The van der Waals surface area contributed by atoms with E-state index in [1.807, 2.05) is 0 Å². The molecule has 1 aromatic carbocycles. The molecule has 2 unspecified atom stereocenters. The largest absolute Gasteiger partial charge is 0.312 e. The maximum absolute atomic E-state index is 3.49. The van der Waals surface area contributed by atoms with Crippen LogP contribution in [0.4, 0.5) is 0 Å². The molecule has 1 aliphatic rings. The van der Waals surface area contributed by atoms with Crippen LogP contribution in [0.3, 0.4) is 0 Å². The van der Waals surface area contributed by atoms with Gasteiger partial charge in [0.05, 0.1) is 0 Å². The molecule has 118 valence electrons. The quantitative estimate of drug-likeness (QED) is 0.868. The van der Waals surface area contributed by atoms with E-state index in [1.54, 1.807) is 0 Å². The SMILES string of the molecule is CCc1ccc(C(CN2CCN(CC)C(C)C2)NC)cc1. The minimum atomic E-state index is 0.427. The van der Waals surface area contributed by atoms with Gasteiger partial charge in [-0.2, -0.15) is 0 Å². The van der Waals surface area contributed by atoms with Gasteiger partial charge in [-0.25, -0.2) is 0 Å². The topological polar surface area (TPSA) is 18.5 Å². The highest BCUT2D eigenvalue weighted by Crippen LogP contribution is 2.18. The van der Waals surface area contributed by atoms with Gasteiger partial charge in [0.25, 0.3) is 0 Å². The molecule has 0 radical (unpaired) electrons. The third-order valence-corrected chi connectivity index (χ3v) is 4.83. The second kappa shape index (κ2) is 7.92. The van der Waals surface area contributed by atoms with Crippen LogP contribution in [0, 0.1) is 0 Å². The van der Waals surface area contributed by atoms with Crippen LogP contribution in [-0.4, -0.2) is 55.6 Å². The van der Waals surface area contributed by atoms with E-state index in [0.717, 1.165) is 13.0 Å². The number of aryl methyl sites for hydroxylation is 1. The maximum Gasteiger partial charge on any atom is 0.0446 e. The average molecular weight is 289 g/mol. The van der Waals surface area contributed by atoms with E-state index in [0.29, 0.717) is 12.1 Å². The van der Waals surface area contributed by atoms with Crippen molar-refractivity contribution in [2.75, 3.05) is 39.8 Å². The van der Waals surface area contributed by atoms with Crippen LogP contribution in [0.25, 0.3) is 0 Å². The molecular weight excluding hydrogens is 258 g/mol. The zero-order valence-corrected chi connectivity index (χ0v) is 14.1. The number of benzene rings is 1. The minimum Gasteiger partial charge on any atom is -0.312 e. The standard InChI is InChI=1S/C18H31N3/c1-5-16-7-9-17(10-8-16)18(19-4)14-20-11-12-21(6-2)15(3)13-20/h7-10,15,18-19H,5-6,11-14H2,1-4H3. The third kappa shape index (κ3) is 4.29. The molecule has 1 saturated heterocycles. The van der Waals surface area contributed by atoms with E-state index >= 15 is 0 Å². The predicted molar refractivity (Wildman–Crippen MR) is 90.8 cm³/mol. The van der Waals surface area contributed by atoms with E-state index in [1.165, 1.54) is 37.3 Å². The van der Waals surface area contributed by atoms with Crippen LogP contribution in [-0.2, 0) is 6.42 Å². The summed E-state index contributed by atoms with van der Waals surface area (Å²) in [5.41, 5.74) is 2.82. The Morgan fingerprint density at radius 2 is 1.90 bits per heavy atom. The number of nitrogens with zero attached hydrogens (tertiary/aromatic N) is 2. The monoisotopic (exact) mass is 289 g/mol. The maximum atomic E-state index is 3.49. The lowest BCUT2D eigenvalue weighted by Gasteiger charge is -2.40. The van der Waals surface area contributed by atoms with E-state index in [9.17, 15) is 0 Å². The van der Waals surface area contributed by atoms with Crippen molar-refractivity contribution in [3.05, 3.63) is 35.4 Å². The number of hydrogen-bond donors (Lipinski definition) is 1. The summed E-state index contributed by atoms with van der Waals surface area (Å²) in [6, 6.07) is 10.2. The summed E-state index contributed by atoms with van der Waals surface area (Å²) in [5.74, 6) is 0. The van der Waals surface area contributed by atoms with E-state index in [2.05, 4.69) is 67.2 Å². The molecule has 0 amide bonds. The summed E-state index contributed by atoms with van der Waals surface area (Å²) >= 11 is 0. The van der Waals surface area contributed by atoms with Crippen molar-refractivity contribution in [3.63, 3.8) is 0 Å². The molecule has 0 saturated carbocycles. The van der Waals surface area contributed by atoms with Crippen LogP contribution >= 0.6 is 0 Å². The number of hydrogen-bond acceptors (Lipinski definition) is 3. The Bertz CT molecular complexity index is 415. The lowest BCUT2D eigenvalue weighted by atomic mass is 10.0. The zero-order valence-electron chi connectivity index (χ0n) is 14.1. The summed E-state index contributed by atoms with van der Waals surface area (Å²) < 4.78 is 0. The third-order valence-electron chi connectivity index (χ3n) is 4.83. The van der Waals surface area contributed by atoms with Crippen LogP contribution in [0.1, 0.15) is 37.9 Å². The van der Waals surface area contributed by atoms with Gasteiger partial charge in [0.15, 0.2) is 0 Å². The average Bonchev–Trinajstić information content (AvgIpc) is 2.53. The molecule has 21 heavy (non-hydrogen) atoms. The van der Waals surface area contributed by atoms with E-state index in [-0.39, 0.29) is 0 Å². The van der Waals surface area contributed by atoms with Crippen molar-refractivity contribution in [3.8, 4) is 0 Å².